The highest BCUT2D eigenvalue weighted by molar-refractivity contribution is 9.10. The highest BCUT2D eigenvalue weighted by Gasteiger charge is 2.20. The van der Waals surface area contributed by atoms with Gasteiger partial charge in [0, 0.05) is 11.0 Å². The van der Waals surface area contributed by atoms with Crippen LogP contribution in [-0.2, 0) is 11.3 Å². The summed E-state index contributed by atoms with van der Waals surface area (Å²) in [6, 6.07) is 7.59. The van der Waals surface area contributed by atoms with Gasteiger partial charge in [-0.25, -0.2) is 0 Å². The van der Waals surface area contributed by atoms with Gasteiger partial charge in [0.15, 0.2) is 0 Å². The van der Waals surface area contributed by atoms with E-state index in [1.54, 1.807) is 0 Å². The van der Waals surface area contributed by atoms with Gasteiger partial charge in [-0.05, 0) is 24.6 Å². The molecule has 0 saturated carbocycles. The minimum atomic E-state index is -1.04. The van der Waals surface area contributed by atoms with Crippen LogP contribution in [-0.4, -0.2) is 22.4 Å². The van der Waals surface area contributed by atoms with Crippen LogP contribution >= 0.6 is 15.9 Å². The molecule has 2 unspecified atom stereocenters. The topological polar surface area (TPSA) is 69.6 Å². The summed E-state index contributed by atoms with van der Waals surface area (Å²) in [6.45, 7) is 1.89. The zero-order valence-corrected chi connectivity index (χ0v) is 10.4. The van der Waals surface area contributed by atoms with Gasteiger partial charge in [0.2, 0.25) is 0 Å². The van der Waals surface area contributed by atoms with E-state index < -0.39 is 18.1 Å². The maximum absolute atomic E-state index is 10.6. The third-order valence-corrected chi connectivity index (χ3v) is 2.76. The molecule has 0 aliphatic heterocycles. The van der Waals surface area contributed by atoms with Crippen molar-refractivity contribution in [2.75, 3.05) is 0 Å². The van der Waals surface area contributed by atoms with Crippen molar-refractivity contribution in [3.8, 4) is 0 Å². The molecule has 0 aromatic heterocycles. The normalized spacial score (nSPS) is 14.4. The fourth-order valence-corrected chi connectivity index (χ4v) is 1.63. The van der Waals surface area contributed by atoms with Crippen molar-refractivity contribution in [2.24, 2.45) is 5.92 Å². The Bertz CT molecular complexity index is 370. The largest absolute Gasteiger partial charge is 0.481 e. The van der Waals surface area contributed by atoms with E-state index >= 15 is 0 Å². The van der Waals surface area contributed by atoms with Gasteiger partial charge in [-0.15, -0.1) is 0 Å². The van der Waals surface area contributed by atoms with Crippen LogP contribution in [0.5, 0.6) is 0 Å². The lowest BCUT2D eigenvalue weighted by Crippen LogP contribution is -2.38. The van der Waals surface area contributed by atoms with Gasteiger partial charge in [-0.1, -0.05) is 28.1 Å². The molecule has 0 amide bonds. The van der Waals surface area contributed by atoms with Crippen molar-refractivity contribution in [1.82, 2.24) is 5.32 Å². The highest BCUT2D eigenvalue weighted by atomic mass is 79.9. The van der Waals surface area contributed by atoms with Gasteiger partial charge < -0.3 is 10.2 Å². The van der Waals surface area contributed by atoms with Crippen LogP contribution in [0.3, 0.4) is 0 Å². The lowest BCUT2D eigenvalue weighted by molar-refractivity contribution is -0.145. The van der Waals surface area contributed by atoms with Gasteiger partial charge in [0.05, 0.1) is 5.92 Å². The second-order valence-corrected chi connectivity index (χ2v) is 4.50. The number of halogens is 1. The van der Waals surface area contributed by atoms with Crippen molar-refractivity contribution in [2.45, 2.75) is 19.7 Å². The molecule has 5 heteroatoms. The van der Waals surface area contributed by atoms with Crippen LogP contribution in [0.25, 0.3) is 0 Å². The molecule has 0 bridgehead atoms. The summed E-state index contributed by atoms with van der Waals surface area (Å²) in [4.78, 5) is 10.6. The van der Waals surface area contributed by atoms with E-state index in [0.717, 1.165) is 10.0 Å². The van der Waals surface area contributed by atoms with Crippen LogP contribution in [0.15, 0.2) is 28.7 Å². The number of benzene rings is 1. The number of carbonyl (C=O) groups is 1. The van der Waals surface area contributed by atoms with Crippen molar-refractivity contribution in [3.05, 3.63) is 34.3 Å². The van der Waals surface area contributed by atoms with E-state index in [0.29, 0.717) is 6.54 Å². The fourth-order valence-electron chi connectivity index (χ4n) is 1.18. The maximum Gasteiger partial charge on any atom is 0.310 e. The first-order valence-corrected chi connectivity index (χ1v) is 5.68. The number of aliphatic carboxylic acids is 1. The Hall–Kier alpha value is -0.910. The third-order valence-electron chi connectivity index (χ3n) is 2.27. The smallest absolute Gasteiger partial charge is 0.310 e. The Labute approximate surface area is 102 Å². The molecule has 3 N–H and O–H groups in total. The predicted octanol–water partition coefficient (Wildman–Crippen LogP) is 1.58. The first kappa shape index (κ1) is 13.2. The van der Waals surface area contributed by atoms with E-state index in [4.69, 9.17) is 5.11 Å². The number of aliphatic hydroxyl groups is 1. The molecule has 0 saturated heterocycles. The average Bonchev–Trinajstić information content (AvgIpc) is 2.24. The average molecular weight is 288 g/mol. The van der Waals surface area contributed by atoms with Gasteiger partial charge in [-0.2, -0.15) is 0 Å². The van der Waals surface area contributed by atoms with E-state index in [-0.39, 0.29) is 0 Å². The summed E-state index contributed by atoms with van der Waals surface area (Å²) < 4.78 is 0.951. The van der Waals surface area contributed by atoms with Gasteiger partial charge in [0.25, 0.3) is 0 Å². The minimum absolute atomic E-state index is 0.429. The summed E-state index contributed by atoms with van der Waals surface area (Å²) in [6.07, 6.45) is -1.04. The lowest BCUT2D eigenvalue weighted by Gasteiger charge is -2.16. The number of carboxylic acid groups (broad SMARTS) is 1. The molecule has 88 valence electrons. The van der Waals surface area contributed by atoms with E-state index in [1.165, 1.54) is 6.92 Å². The van der Waals surface area contributed by atoms with Crippen LogP contribution < -0.4 is 5.32 Å². The number of nitrogens with one attached hydrogen (secondary N) is 1. The Morgan fingerprint density at radius 1 is 1.56 bits per heavy atom. The lowest BCUT2D eigenvalue weighted by atomic mass is 10.1. The zero-order chi connectivity index (χ0) is 12.1. The van der Waals surface area contributed by atoms with Crippen molar-refractivity contribution in [1.29, 1.82) is 0 Å². The number of hydrogen-bond donors (Lipinski definition) is 3. The van der Waals surface area contributed by atoms with Crippen molar-refractivity contribution >= 4 is 21.9 Å². The highest BCUT2D eigenvalue weighted by Crippen LogP contribution is 2.11. The molecule has 1 rings (SSSR count). The zero-order valence-electron chi connectivity index (χ0n) is 8.85. The first-order valence-electron chi connectivity index (χ1n) is 4.89. The summed E-state index contributed by atoms with van der Waals surface area (Å²) in [5.41, 5.74) is 0.978. The van der Waals surface area contributed by atoms with Crippen LogP contribution in [0.2, 0.25) is 0 Å². The number of rotatable bonds is 5. The predicted molar refractivity (Wildman–Crippen MR) is 63.8 cm³/mol. The maximum atomic E-state index is 10.6. The molecule has 4 nitrogen and oxygen atoms in total. The molecule has 0 radical (unpaired) electrons. The van der Waals surface area contributed by atoms with Gasteiger partial charge >= 0.3 is 5.97 Å². The molecule has 1 aromatic rings. The summed E-state index contributed by atoms with van der Waals surface area (Å²) >= 11 is 3.34. The first-order chi connectivity index (χ1) is 7.50. The molecular weight excluding hydrogens is 274 g/mol. The van der Waals surface area contributed by atoms with E-state index in [1.807, 2.05) is 24.3 Å². The Morgan fingerprint density at radius 3 is 2.81 bits per heavy atom. The quantitative estimate of drug-likeness (QED) is 0.719. The van der Waals surface area contributed by atoms with Gasteiger partial charge in [0.1, 0.15) is 6.23 Å². The number of hydrogen-bond acceptors (Lipinski definition) is 3. The van der Waals surface area contributed by atoms with Crippen LogP contribution in [0.1, 0.15) is 12.5 Å². The summed E-state index contributed by atoms with van der Waals surface area (Å²) in [5.74, 6) is -1.85. The van der Waals surface area contributed by atoms with Crippen LogP contribution in [0.4, 0.5) is 0 Å². The molecule has 2 atom stereocenters. The summed E-state index contributed by atoms with van der Waals surface area (Å²) in [7, 11) is 0. The SMILES string of the molecule is CC(C(=O)O)C(O)NCc1cccc(Br)c1. The van der Waals surface area contributed by atoms with E-state index in [9.17, 15) is 9.90 Å². The standard InChI is InChI=1S/C11H14BrNO3/c1-7(11(15)16)10(14)13-6-8-3-2-4-9(12)5-8/h2-5,7,10,13-14H,6H2,1H3,(H,15,16). The summed E-state index contributed by atoms with van der Waals surface area (Å²) in [5, 5.41) is 21.0. The Morgan fingerprint density at radius 2 is 2.25 bits per heavy atom. The Kier molecular flexibility index (Phi) is 4.92. The molecular formula is C11H14BrNO3. The second kappa shape index (κ2) is 5.98. The molecule has 1 aromatic carbocycles. The van der Waals surface area contributed by atoms with Gasteiger partial charge in [-0.3, -0.25) is 10.1 Å². The molecule has 0 heterocycles. The van der Waals surface area contributed by atoms with Crippen molar-refractivity contribution in [3.63, 3.8) is 0 Å². The minimum Gasteiger partial charge on any atom is -0.481 e. The molecule has 0 aliphatic carbocycles. The Balaban J connectivity index is 2.48. The molecule has 16 heavy (non-hydrogen) atoms. The molecule has 0 spiro atoms. The van der Waals surface area contributed by atoms with Crippen molar-refractivity contribution < 1.29 is 15.0 Å². The third kappa shape index (κ3) is 3.92. The van der Waals surface area contributed by atoms with E-state index in [2.05, 4.69) is 21.2 Å². The van der Waals surface area contributed by atoms with Crippen LogP contribution in [0, 0.1) is 5.92 Å². The molecule has 0 aliphatic rings. The second-order valence-electron chi connectivity index (χ2n) is 3.58. The fraction of sp³-hybridized carbons (Fsp3) is 0.364. The number of aliphatic hydroxyl groups excluding tert-OH is 1. The monoisotopic (exact) mass is 287 g/mol. The molecule has 0 fully saturated rings. The number of carboxylic acids is 1.